The average molecular weight is 461 g/mol. The van der Waals surface area contributed by atoms with Crippen molar-refractivity contribution in [2.24, 2.45) is 0 Å². The van der Waals surface area contributed by atoms with Gasteiger partial charge >= 0.3 is 0 Å². The van der Waals surface area contributed by atoms with Crippen LogP contribution in [0.1, 0.15) is 39.9 Å². The van der Waals surface area contributed by atoms with E-state index < -0.39 is 6.04 Å². The molecule has 0 spiro atoms. The molecule has 0 fully saturated rings. The molecule has 5 N–H and O–H groups in total. The highest BCUT2D eigenvalue weighted by molar-refractivity contribution is 5.98. The molecular formula is C27H32N4O3. The molecule has 7 heteroatoms. The molecule has 7 nitrogen and oxygen atoms in total. The van der Waals surface area contributed by atoms with Crippen LogP contribution in [0.4, 0.5) is 0 Å². The summed E-state index contributed by atoms with van der Waals surface area (Å²) in [5.74, 6) is 6.65. The Morgan fingerprint density at radius 3 is 3.00 bits per heavy atom. The van der Waals surface area contributed by atoms with Gasteiger partial charge < -0.3 is 25.5 Å². The lowest BCUT2D eigenvalue weighted by molar-refractivity contribution is 0.0912. The van der Waals surface area contributed by atoms with E-state index in [4.69, 9.17) is 4.74 Å². The summed E-state index contributed by atoms with van der Waals surface area (Å²) in [5.41, 5.74) is 4.37. The van der Waals surface area contributed by atoms with E-state index in [1.165, 1.54) is 0 Å². The number of aryl methyl sites for hydroxylation is 1. The molecular weight excluding hydrogens is 428 g/mol. The number of nitrogens with one attached hydrogen (secondary N) is 4. The third-order valence-corrected chi connectivity index (χ3v) is 5.94. The van der Waals surface area contributed by atoms with Crippen molar-refractivity contribution in [3.05, 3.63) is 64.8 Å². The first-order valence-electron chi connectivity index (χ1n) is 11.8. The van der Waals surface area contributed by atoms with Crippen LogP contribution in [0.5, 0.6) is 5.75 Å². The highest BCUT2D eigenvalue weighted by atomic mass is 16.5. The first kappa shape index (κ1) is 23.8. The second kappa shape index (κ2) is 11.7. The quantitative estimate of drug-likeness (QED) is 0.202. The van der Waals surface area contributed by atoms with Gasteiger partial charge in [-0.1, -0.05) is 30.0 Å². The van der Waals surface area contributed by atoms with Crippen LogP contribution in [-0.4, -0.2) is 55.5 Å². The topological polar surface area (TPSA) is 98.4 Å². The van der Waals surface area contributed by atoms with Crippen LogP contribution >= 0.6 is 0 Å². The number of fused-ring (bicyclic) bond motifs is 2. The fourth-order valence-corrected chi connectivity index (χ4v) is 4.26. The average Bonchev–Trinajstić information content (AvgIpc) is 3.10. The van der Waals surface area contributed by atoms with Crippen molar-refractivity contribution in [2.45, 2.75) is 31.7 Å². The number of carbonyl (C=O) groups excluding carboxylic acids is 1. The van der Waals surface area contributed by atoms with Crippen LogP contribution in [0.15, 0.2) is 42.6 Å². The summed E-state index contributed by atoms with van der Waals surface area (Å²) in [6, 6.07) is 11.4. The van der Waals surface area contributed by atoms with Gasteiger partial charge in [0.25, 0.3) is 5.91 Å². The first-order chi connectivity index (χ1) is 16.7. The summed E-state index contributed by atoms with van der Waals surface area (Å²) in [6.07, 6.45) is 5.26. The zero-order chi connectivity index (χ0) is 23.8. The number of hydrogen-bond donors (Lipinski definition) is 5. The zero-order valence-electron chi connectivity index (χ0n) is 19.5. The number of aliphatic hydroxyl groups is 1. The van der Waals surface area contributed by atoms with E-state index in [1.54, 1.807) is 6.07 Å². The van der Waals surface area contributed by atoms with Gasteiger partial charge in [0.05, 0.1) is 31.4 Å². The molecule has 3 aromatic rings. The number of H-pyrrole nitrogens is 1. The summed E-state index contributed by atoms with van der Waals surface area (Å²) in [7, 11) is 1.87. The van der Waals surface area contributed by atoms with Crippen molar-refractivity contribution >= 4 is 16.8 Å². The van der Waals surface area contributed by atoms with Crippen molar-refractivity contribution in [1.82, 2.24) is 20.9 Å². The largest absolute Gasteiger partial charge is 0.492 e. The number of amides is 1. The van der Waals surface area contributed by atoms with Crippen molar-refractivity contribution in [1.29, 1.82) is 0 Å². The number of carbonyl (C=O) groups is 1. The van der Waals surface area contributed by atoms with Crippen LogP contribution in [0.3, 0.4) is 0 Å². The number of benzene rings is 2. The number of hydrogen-bond acceptors (Lipinski definition) is 5. The first-order valence-corrected chi connectivity index (χ1v) is 11.8. The normalized spacial score (nSPS) is 13.8. The maximum atomic E-state index is 13.4. The highest BCUT2D eigenvalue weighted by Gasteiger charge is 2.22. The van der Waals surface area contributed by atoms with Gasteiger partial charge in [0.1, 0.15) is 5.75 Å². The number of aliphatic hydroxyl groups excluding tert-OH is 1. The zero-order valence-corrected chi connectivity index (χ0v) is 19.5. The van der Waals surface area contributed by atoms with E-state index in [-0.39, 0.29) is 12.5 Å². The van der Waals surface area contributed by atoms with Gasteiger partial charge in [-0.3, -0.25) is 10.1 Å². The van der Waals surface area contributed by atoms with Gasteiger partial charge in [0.15, 0.2) is 0 Å². The van der Waals surface area contributed by atoms with E-state index in [9.17, 15) is 9.90 Å². The second-order valence-electron chi connectivity index (χ2n) is 8.49. The molecule has 4 rings (SSSR count). The molecule has 1 aliphatic heterocycles. The third-order valence-electron chi connectivity index (χ3n) is 5.94. The Morgan fingerprint density at radius 1 is 1.26 bits per heavy atom. The predicted octanol–water partition coefficient (Wildman–Crippen LogP) is 2.33. The highest BCUT2D eigenvalue weighted by Crippen LogP contribution is 2.30. The van der Waals surface area contributed by atoms with Gasteiger partial charge in [-0.25, -0.2) is 0 Å². The standard InChI is InChI=1S/C27H32N4O3/c1-28-18-29-11-6-7-19-13-20-8-4-5-12-34-26(20)24(14-19)27(33)31-22(17-32)15-21-16-30-25-10-3-2-9-23(21)25/h2-3,9-10,13-14,16,22,28-30,32H,4-5,8,11-12,15,17-18H2,1H3,(H,31,33)/t22-/m1/s1. The van der Waals surface area contributed by atoms with E-state index in [1.807, 2.05) is 43.6 Å². The molecule has 0 saturated heterocycles. The summed E-state index contributed by atoms with van der Waals surface area (Å²) in [6.45, 7) is 1.66. The van der Waals surface area contributed by atoms with Gasteiger partial charge in [-0.05, 0) is 62.1 Å². The molecule has 1 amide bonds. The minimum Gasteiger partial charge on any atom is -0.492 e. The molecule has 0 bridgehead atoms. The Hall–Kier alpha value is -3.31. The predicted molar refractivity (Wildman–Crippen MR) is 134 cm³/mol. The SMILES string of the molecule is CNCNCC#Cc1cc2c(c(C(=O)N[C@@H](CO)Cc3c[nH]c4ccccc34)c1)OCCCC2. The third kappa shape index (κ3) is 5.78. The Labute approximate surface area is 200 Å². The number of ether oxygens (including phenoxy) is 1. The lowest BCUT2D eigenvalue weighted by Crippen LogP contribution is -2.39. The summed E-state index contributed by atoms with van der Waals surface area (Å²) in [4.78, 5) is 16.6. The molecule has 1 atom stereocenters. The van der Waals surface area contributed by atoms with Crippen molar-refractivity contribution < 1.29 is 14.6 Å². The lowest BCUT2D eigenvalue weighted by Gasteiger charge is -2.19. The van der Waals surface area contributed by atoms with Crippen LogP contribution < -0.4 is 20.7 Å². The molecule has 0 aliphatic carbocycles. The second-order valence-corrected chi connectivity index (χ2v) is 8.49. The molecule has 1 aliphatic rings. The van der Waals surface area contributed by atoms with Crippen LogP contribution in [-0.2, 0) is 12.8 Å². The Bertz CT molecular complexity index is 1190. The Kier molecular flexibility index (Phi) is 8.21. The number of rotatable bonds is 8. The molecule has 0 saturated carbocycles. The fourth-order valence-electron chi connectivity index (χ4n) is 4.26. The lowest BCUT2D eigenvalue weighted by atomic mass is 9.99. The molecule has 0 radical (unpaired) electrons. The fraction of sp³-hybridized carbons (Fsp3) is 0.370. The summed E-state index contributed by atoms with van der Waals surface area (Å²) >= 11 is 0. The van der Waals surface area contributed by atoms with Crippen molar-refractivity contribution in [2.75, 3.05) is 33.5 Å². The maximum absolute atomic E-state index is 13.4. The molecule has 2 heterocycles. The molecule has 34 heavy (non-hydrogen) atoms. The maximum Gasteiger partial charge on any atom is 0.255 e. The summed E-state index contributed by atoms with van der Waals surface area (Å²) in [5, 5.41) is 20.3. The van der Waals surface area contributed by atoms with Crippen LogP contribution in [0.25, 0.3) is 10.9 Å². The van der Waals surface area contributed by atoms with Crippen LogP contribution in [0, 0.1) is 11.8 Å². The number of para-hydroxylation sites is 1. The number of aromatic amines is 1. The smallest absolute Gasteiger partial charge is 0.255 e. The number of aromatic nitrogens is 1. The van der Waals surface area contributed by atoms with E-state index in [2.05, 4.69) is 32.8 Å². The monoisotopic (exact) mass is 460 g/mol. The van der Waals surface area contributed by atoms with E-state index >= 15 is 0 Å². The Balaban J connectivity index is 1.55. The van der Waals surface area contributed by atoms with Gasteiger partial charge in [0, 0.05) is 29.3 Å². The van der Waals surface area contributed by atoms with Crippen molar-refractivity contribution in [3.8, 4) is 17.6 Å². The summed E-state index contributed by atoms with van der Waals surface area (Å²) < 4.78 is 5.99. The molecule has 2 aromatic carbocycles. The van der Waals surface area contributed by atoms with Crippen LogP contribution in [0.2, 0.25) is 0 Å². The van der Waals surface area contributed by atoms with Crippen molar-refractivity contribution in [3.63, 3.8) is 0 Å². The van der Waals surface area contributed by atoms with E-state index in [0.29, 0.717) is 37.6 Å². The Morgan fingerprint density at radius 2 is 2.15 bits per heavy atom. The minimum absolute atomic E-state index is 0.162. The van der Waals surface area contributed by atoms with Gasteiger partial charge in [-0.15, -0.1) is 0 Å². The van der Waals surface area contributed by atoms with Gasteiger partial charge in [0.2, 0.25) is 0 Å². The molecule has 0 unspecified atom stereocenters. The minimum atomic E-state index is -0.423. The molecule has 1 aromatic heterocycles. The van der Waals surface area contributed by atoms with E-state index in [0.717, 1.165) is 46.9 Å². The molecule has 178 valence electrons. The van der Waals surface area contributed by atoms with Gasteiger partial charge in [-0.2, -0.15) is 0 Å².